The molecule has 0 bridgehead atoms. The first-order chi connectivity index (χ1) is 16.2. The number of rotatable bonds is 3. The molecule has 2 aromatic carbocycles. The molecule has 35 heavy (non-hydrogen) atoms. The molecule has 2 aromatic rings. The lowest BCUT2D eigenvalue weighted by atomic mass is 9.84. The number of hydrogen-bond donors (Lipinski definition) is 0. The lowest BCUT2D eigenvalue weighted by Crippen LogP contribution is -2.61. The summed E-state index contributed by atoms with van der Waals surface area (Å²) in [5.74, 6) is -0.818. The zero-order chi connectivity index (χ0) is 25.8. The highest BCUT2D eigenvalue weighted by atomic mass is 35.5. The summed E-state index contributed by atoms with van der Waals surface area (Å²) in [7, 11) is 0. The van der Waals surface area contributed by atoms with E-state index in [4.69, 9.17) is 32.7 Å². The number of likely N-dealkylation sites (tertiary alicyclic amines) is 1. The number of ketones is 1. The van der Waals surface area contributed by atoms with E-state index in [2.05, 4.69) is 0 Å². The van der Waals surface area contributed by atoms with Crippen molar-refractivity contribution in [3.63, 3.8) is 0 Å². The number of amides is 1. The molecular weight excluding hydrogens is 506 g/mol. The van der Waals surface area contributed by atoms with E-state index >= 15 is 0 Å². The Morgan fingerprint density at radius 3 is 2.23 bits per heavy atom. The first-order valence-electron chi connectivity index (χ1n) is 10.7. The summed E-state index contributed by atoms with van der Waals surface area (Å²) in [6.07, 6.45) is -4.70. The van der Waals surface area contributed by atoms with Gasteiger partial charge >= 0.3 is 12.3 Å². The molecule has 2 aliphatic rings. The number of alkyl halides is 3. The van der Waals surface area contributed by atoms with Crippen LogP contribution in [0.1, 0.15) is 47.8 Å². The topological polar surface area (TPSA) is 55.8 Å². The molecule has 1 saturated heterocycles. The highest BCUT2D eigenvalue weighted by Gasteiger charge is 2.52. The highest BCUT2D eigenvalue weighted by Crippen LogP contribution is 2.44. The van der Waals surface area contributed by atoms with Gasteiger partial charge in [0.1, 0.15) is 11.2 Å². The van der Waals surface area contributed by atoms with E-state index in [0.29, 0.717) is 11.6 Å². The Morgan fingerprint density at radius 2 is 1.66 bits per heavy atom. The second-order valence-corrected chi connectivity index (χ2v) is 10.4. The van der Waals surface area contributed by atoms with Crippen molar-refractivity contribution in [3.8, 4) is 0 Å². The van der Waals surface area contributed by atoms with Gasteiger partial charge in [-0.2, -0.15) is 13.2 Å². The molecule has 5 nitrogen and oxygen atoms in total. The fraction of sp³-hybridized carbons (Fsp3) is 0.360. The van der Waals surface area contributed by atoms with Crippen molar-refractivity contribution >= 4 is 40.7 Å². The molecule has 2 heterocycles. The van der Waals surface area contributed by atoms with Crippen molar-refractivity contribution < 1.29 is 32.2 Å². The number of carbonyl (C=O) groups is 2. The Balaban J connectivity index is 1.56. The van der Waals surface area contributed by atoms with Crippen LogP contribution in [0, 0.1) is 0 Å². The summed E-state index contributed by atoms with van der Waals surface area (Å²) >= 11 is 11.7. The Labute approximate surface area is 210 Å². The maximum atomic E-state index is 13.8. The average molecular weight is 528 g/mol. The van der Waals surface area contributed by atoms with Crippen molar-refractivity contribution in [2.75, 3.05) is 13.1 Å². The molecule has 186 valence electrons. The van der Waals surface area contributed by atoms with E-state index in [1.165, 1.54) is 23.1 Å². The van der Waals surface area contributed by atoms with Crippen LogP contribution in [-0.4, -0.2) is 41.6 Å². The predicted molar refractivity (Wildman–Crippen MR) is 126 cm³/mol. The molecule has 0 saturated carbocycles. The van der Waals surface area contributed by atoms with Gasteiger partial charge in [0.05, 0.1) is 25.3 Å². The summed E-state index contributed by atoms with van der Waals surface area (Å²) in [6, 6.07) is 8.17. The number of fused-ring (bicyclic) bond motifs is 2. The van der Waals surface area contributed by atoms with Gasteiger partial charge < -0.3 is 14.4 Å². The van der Waals surface area contributed by atoms with Gasteiger partial charge in [-0.1, -0.05) is 35.3 Å². The van der Waals surface area contributed by atoms with Crippen LogP contribution < -0.4 is 0 Å². The molecule has 0 aromatic heterocycles. The molecule has 0 aliphatic carbocycles. The van der Waals surface area contributed by atoms with E-state index in [0.717, 1.165) is 17.7 Å². The van der Waals surface area contributed by atoms with Crippen molar-refractivity contribution in [1.29, 1.82) is 0 Å². The molecule has 1 spiro atoms. The SMILES string of the molecule is CC(C)(C)OC(=O)N1CC2(C1)OCc1cc(C(=O)/C=C(\c3cc(Cl)cc(Cl)c3)C(F)(F)F)ccc12. The van der Waals surface area contributed by atoms with E-state index in [9.17, 15) is 22.8 Å². The maximum Gasteiger partial charge on any atom is 0.417 e. The number of benzene rings is 2. The molecule has 10 heteroatoms. The minimum absolute atomic E-state index is 0.0241. The van der Waals surface area contributed by atoms with Crippen LogP contribution in [-0.2, 0) is 21.7 Å². The second-order valence-electron chi connectivity index (χ2n) is 9.57. The van der Waals surface area contributed by atoms with E-state index in [1.54, 1.807) is 26.8 Å². The van der Waals surface area contributed by atoms with Crippen LogP contribution in [0.4, 0.5) is 18.0 Å². The largest absolute Gasteiger partial charge is 0.444 e. The number of halogens is 5. The first-order valence-corrected chi connectivity index (χ1v) is 11.5. The molecule has 4 rings (SSSR count). The molecule has 2 aliphatic heterocycles. The van der Waals surface area contributed by atoms with Crippen LogP contribution in [0.15, 0.2) is 42.5 Å². The number of allylic oxidation sites excluding steroid dienone is 2. The molecular formula is C25H22Cl2F3NO4. The summed E-state index contributed by atoms with van der Waals surface area (Å²) in [4.78, 5) is 26.6. The van der Waals surface area contributed by atoms with Gasteiger partial charge in [0.15, 0.2) is 5.78 Å². The van der Waals surface area contributed by atoms with Gasteiger partial charge in [0.25, 0.3) is 0 Å². The minimum atomic E-state index is -4.80. The maximum absolute atomic E-state index is 13.8. The third kappa shape index (κ3) is 5.34. The van der Waals surface area contributed by atoms with Crippen LogP contribution in [0.3, 0.4) is 0 Å². The van der Waals surface area contributed by atoms with Gasteiger partial charge in [0.2, 0.25) is 0 Å². The monoisotopic (exact) mass is 527 g/mol. The van der Waals surface area contributed by atoms with E-state index in [1.807, 2.05) is 0 Å². The van der Waals surface area contributed by atoms with Crippen LogP contribution in [0.25, 0.3) is 5.57 Å². The molecule has 0 unspecified atom stereocenters. The Hall–Kier alpha value is -2.55. The Kier molecular flexibility index (Phi) is 6.45. The lowest BCUT2D eigenvalue weighted by molar-refractivity contribution is -0.137. The third-order valence-electron chi connectivity index (χ3n) is 5.68. The van der Waals surface area contributed by atoms with E-state index in [-0.39, 0.29) is 40.9 Å². The van der Waals surface area contributed by atoms with Gasteiger partial charge in [-0.3, -0.25) is 4.79 Å². The van der Waals surface area contributed by atoms with Crippen molar-refractivity contribution in [3.05, 3.63) is 74.8 Å². The van der Waals surface area contributed by atoms with Crippen molar-refractivity contribution in [1.82, 2.24) is 4.90 Å². The molecule has 1 fully saturated rings. The summed E-state index contributed by atoms with van der Waals surface area (Å²) in [5.41, 5.74) is -1.21. The number of carbonyl (C=O) groups excluding carboxylic acids is 2. The smallest absolute Gasteiger partial charge is 0.417 e. The van der Waals surface area contributed by atoms with Gasteiger partial charge in [-0.05, 0) is 67.8 Å². The second kappa shape index (κ2) is 8.84. The average Bonchev–Trinajstić information content (AvgIpc) is 3.06. The summed E-state index contributed by atoms with van der Waals surface area (Å²) in [5, 5.41) is 0.0481. The van der Waals surface area contributed by atoms with Crippen molar-refractivity contribution in [2.24, 2.45) is 0 Å². The quantitative estimate of drug-likeness (QED) is 0.325. The normalized spacial score (nSPS) is 17.3. The number of nitrogens with zero attached hydrogens (tertiary/aromatic N) is 1. The fourth-order valence-electron chi connectivity index (χ4n) is 4.14. The van der Waals surface area contributed by atoms with Crippen LogP contribution in [0.5, 0.6) is 0 Å². The van der Waals surface area contributed by atoms with E-state index < -0.39 is 34.8 Å². The first kappa shape index (κ1) is 25.5. The predicted octanol–water partition coefficient (Wildman–Crippen LogP) is 6.80. The zero-order valence-electron chi connectivity index (χ0n) is 19.1. The third-order valence-corrected chi connectivity index (χ3v) is 6.12. The lowest BCUT2D eigenvalue weighted by Gasteiger charge is -2.47. The number of ether oxygens (including phenoxy) is 2. The fourth-order valence-corrected chi connectivity index (χ4v) is 4.67. The number of hydrogen-bond acceptors (Lipinski definition) is 4. The van der Waals surface area contributed by atoms with Gasteiger partial charge in [0, 0.05) is 15.6 Å². The van der Waals surface area contributed by atoms with Gasteiger partial charge in [-0.15, -0.1) is 0 Å². The highest BCUT2D eigenvalue weighted by molar-refractivity contribution is 6.35. The summed E-state index contributed by atoms with van der Waals surface area (Å²) in [6.45, 7) is 6.09. The Morgan fingerprint density at radius 1 is 1.03 bits per heavy atom. The van der Waals surface area contributed by atoms with Gasteiger partial charge in [-0.25, -0.2) is 4.79 Å². The molecule has 1 amide bonds. The standard InChI is InChI=1S/C25H22Cl2F3NO4/c1-23(2,3)35-22(33)31-12-24(13-31)19-5-4-14(6-16(19)11-34-24)21(32)10-20(25(28,29)30)15-7-17(26)9-18(27)8-15/h4-10H,11-13H2,1-3H3/b20-10+. The Bertz CT molecular complexity index is 1210. The van der Waals surface area contributed by atoms with Crippen LogP contribution >= 0.6 is 23.2 Å². The summed E-state index contributed by atoms with van der Waals surface area (Å²) < 4.78 is 52.6. The molecule has 0 atom stereocenters. The molecule has 0 N–H and O–H groups in total. The van der Waals surface area contributed by atoms with Crippen LogP contribution in [0.2, 0.25) is 10.0 Å². The zero-order valence-corrected chi connectivity index (χ0v) is 20.6. The molecule has 0 radical (unpaired) electrons. The minimum Gasteiger partial charge on any atom is -0.444 e. The van der Waals surface area contributed by atoms with Crippen molar-refractivity contribution in [2.45, 2.75) is 44.8 Å².